The molecule has 0 radical (unpaired) electrons. The molecule has 0 saturated carbocycles. The molecular weight excluding hydrogens is 815 g/mol. The number of carbonyl (C=O) groups excluding carboxylic acids is 4. The van der Waals surface area contributed by atoms with E-state index in [1.807, 2.05) is 20.8 Å². The highest BCUT2D eigenvalue weighted by Gasteiger charge is 2.50. The number of phenols is 2. The van der Waals surface area contributed by atoms with Gasteiger partial charge < -0.3 is 59.2 Å². The number of esters is 1. The van der Waals surface area contributed by atoms with E-state index in [1.165, 1.54) is 59.3 Å². The number of phenolic OH excluding ortho intramolecular Hbond substituents is 2. The van der Waals surface area contributed by atoms with Crippen molar-refractivity contribution in [2.45, 2.75) is 106 Å². The highest BCUT2D eigenvalue weighted by Crippen LogP contribution is 2.54. The number of nitrogens with one attached hydrogen (secondary N) is 1. The van der Waals surface area contributed by atoms with E-state index in [1.54, 1.807) is 44.7 Å². The highest BCUT2D eigenvalue weighted by atomic mass is 16.7. The van der Waals surface area contributed by atoms with E-state index < -0.39 is 89.6 Å². The maximum Gasteiger partial charge on any atom is 0.312 e. The van der Waals surface area contributed by atoms with E-state index >= 15 is 0 Å². The molecule has 348 valence electrons. The van der Waals surface area contributed by atoms with Gasteiger partial charge in [0.1, 0.15) is 23.4 Å². The van der Waals surface area contributed by atoms with Crippen molar-refractivity contribution in [3.63, 3.8) is 0 Å². The van der Waals surface area contributed by atoms with Crippen LogP contribution < -0.4 is 14.8 Å². The van der Waals surface area contributed by atoms with E-state index in [2.05, 4.69) is 10.2 Å². The number of hydrogen-bond acceptors (Lipinski definition) is 14. The minimum Gasteiger partial charge on any atom is -0.507 e. The van der Waals surface area contributed by atoms with Gasteiger partial charge >= 0.3 is 11.8 Å². The van der Waals surface area contributed by atoms with Crippen LogP contribution in [0.25, 0.3) is 10.8 Å². The van der Waals surface area contributed by atoms with Gasteiger partial charge in [-0.3, -0.25) is 19.2 Å². The average Bonchev–Trinajstić information content (AvgIpc) is 3.52. The van der Waals surface area contributed by atoms with Crippen LogP contribution in [0.2, 0.25) is 0 Å². The summed E-state index contributed by atoms with van der Waals surface area (Å²) in [6, 6.07) is 1.28. The third-order valence-electron chi connectivity index (χ3n) is 12.5. The van der Waals surface area contributed by atoms with Crippen molar-refractivity contribution in [1.82, 2.24) is 9.80 Å². The molecule has 3 aliphatic rings. The highest BCUT2D eigenvalue weighted by molar-refractivity contribution is 6.21. The number of Topliss-reactive ketones (excluding diaryl/α,β-unsaturated/α-hetero) is 1. The number of nitrogens with zero attached hydrogens (tertiary/aromatic N) is 2. The summed E-state index contributed by atoms with van der Waals surface area (Å²) in [6.07, 6.45) is 3.61. The quantitative estimate of drug-likeness (QED) is 0.137. The van der Waals surface area contributed by atoms with Gasteiger partial charge in [0.2, 0.25) is 0 Å². The Morgan fingerprint density at radius 1 is 0.905 bits per heavy atom. The molecule has 63 heavy (non-hydrogen) atoms. The normalized spacial score (nSPS) is 28.8. The fourth-order valence-electron chi connectivity index (χ4n) is 8.24. The topological polar surface area (TPSA) is 214 Å². The van der Waals surface area contributed by atoms with E-state index in [-0.39, 0.29) is 50.6 Å². The fraction of sp³-hybridized carbons (Fsp3) is 0.574. The molecule has 16 nitrogen and oxygen atoms in total. The lowest BCUT2D eigenvalue weighted by Gasteiger charge is -2.38. The number of allylic oxidation sites excluding steroid dienone is 2. The van der Waals surface area contributed by atoms with Crippen LogP contribution in [0.5, 0.6) is 23.0 Å². The van der Waals surface area contributed by atoms with Gasteiger partial charge in [-0.2, -0.15) is 0 Å². The van der Waals surface area contributed by atoms with Gasteiger partial charge in [0.15, 0.2) is 12.4 Å². The van der Waals surface area contributed by atoms with Gasteiger partial charge in [0, 0.05) is 86.9 Å². The molecule has 5 bridgehead atoms. The zero-order valence-electron chi connectivity index (χ0n) is 38.7. The Labute approximate surface area is 370 Å². The number of aliphatic hydroxyl groups is 2. The zero-order chi connectivity index (χ0) is 47.1. The van der Waals surface area contributed by atoms with Crippen LogP contribution >= 0.6 is 0 Å². The predicted octanol–water partition coefficient (Wildman–Crippen LogP) is 5.62. The van der Waals surface area contributed by atoms with Gasteiger partial charge in [-0.25, -0.2) is 0 Å². The van der Waals surface area contributed by atoms with Gasteiger partial charge in [-0.05, 0) is 39.9 Å². The van der Waals surface area contributed by atoms with Crippen molar-refractivity contribution < 1.29 is 63.3 Å². The van der Waals surface area contributed by atoms with Crippen LogP contribution in [0.4, 0.5) is 5.69 Å². The third-order valence-corrected chi connectivity index (χ3v) is 12.5. The lowest BCUT2D eigenvalue weighted by atomic mass is 9.78. The Morgan fingerprint density at radius 3 is 2.17 bits per heavy atom. The Kier molecular flexibility index (Phi) is 17.2. The first-order chi connectivity index (χ1) is 29.7. The van der Waals surface area contributed by atoms with Crippen molar-refractivity contribution in [3.8, 4) is 23.0 Å². The summed E-state index contributed by atoms with van der Waals surface area (Å²) >= 11 is 0. The Bertz CT molecular complexity index is 2100. The number of aromatic hydroxyl groups is 2. The number of ketones is 1. The van der Waals surface area contributed by atoms with Crippen LogP contribution in [0.15, 0.2) is 42.2 Å². The molecule has 5 rings (SSSR count). The molecule has 3 aliphatic heterocycles. The number of carbonyl (C=O) groups is 4. The molecule has 2 aromatic carbocycles. The Morgan fingerprint density at radius 2 is 1.57 bits per heavy atom. The van der Waals surface area contributed by atoms with Crippen molar-refractivity contribution in [2.24, 2.45) is 23.7 Å². The molecule has 0 fully saturated rings. The summed E-state index contributed by atoms with van der Waals surface area (Å²) in [5.74, 6) is -8.02. The molecule has 9 atom stereocenters. The fourth-order valence-corrected chi connectivity index (χ4v) is 8.24. The Hall–Kier alpha value is -5.16. The van der Waals surface area contributed by atoms with Crippen LogP contribution in [0, 0.1) is 30.6 Å². The van der Waals surface area contributed by atoms with E-state index in [0.717, 1.165) is 13.1 Å². The zero-order valence-corrected chi connectivity index (χ0v) is 38.7. The molecule has 0 saturated heterocycles. The molecule has 2 aromatic rings. The molecule has 5 N–H and O–H groups in total. The second-order valence-corrected chi connectivity index (χ2v) is 16.7. The van der Waals surface area contributed by atoms with Crippen molar-refractivity contribution in [2.75, 3.05) is 51.8 Å². The maximum atomic E-state index is 14.6. The number of likely N-dealkylation sites (N-methyl/N-ethyl adjacent to an activating group) is 2. The van der Waals surface area contributed by atoms with Crippen LogP contribution in [-0.4, -0.2) is 130 Å². The SMILES string of the molecule is CCN(CC)CCN(CC)C(=O)COc1cc2c(O)c3c(O)c(C)c4c(c13)C(=O)[C@@](C)(O/C=C/[C@H](OC)[C@@H](C)[C@@H](OC(C)=O)[C@H](C)[C@H](O)[C@H](C)[C@@H](O)[C@@H](C)/C=C/C=C(/C)C(=O)N2)O4. The Balaban J connectivity index is 1.91. The molecule has 0 unspecified atom stereocenters. The number of amides is 2. The summed E-state index contributed by atoms with van der Waals surface area (Å²) in [7, 11) is 1.44. The number of rotatable bonds is 11. The number of benzene rings is 2. The van der Waals surface area contributed by atoms with Gasteiger partial charge in [-0.1, -0.05) is 59.8 Å². The number of anilines is 1. The first kappa shape index (κ1) is 50.5. The smallest absolute Gasteiger partial charge is 0.312 e. The second-order valence-electron chi connectivity index (χ2n) is 16.7. The van der Waals surface area contributed by atoms with Gasteiger partial charge in [0.25, 0.3) is 17.6 Å². The van der Waals surface area contributed by atoms with Gasteiger partial charge in [-0.15, -0.1) is 0 Å². The number of fused-ring (bicyclic) bond motifs is 14. The molecule has 0 spiro atoms. The number of ether oxygens (including phenoxy) is 5. The predicted molar refractivity (Wildman–Crippen MR) is 238 cm³/mol. The van der Waals surface area contributed by atoms with E-state index in [9.17, 15) is 39.6 Å². The molecule has 3 heterocycles. The first-order valence-electron chi connectivity index (χ1n) is 21.7. The number of aliphatic hydroxyl groups excluding tert-OH is 2. The van der Waals surface area contributed by atoms with E-state index in [4.69, 9.17) is 23.7 Å². The monoisotopic (exact) mass is 881 g/mol. The molecule has 2 amide bonds. The van der Waals surface area contributed by atoms with Crippen LogP contribution in [0.1, 0.15) is 85.2 Å². The summed E-state index contributed by atoms with van der Waals surface area (Å²) < 4.78 is 30.0. The van der Waals surface area contributed by atoms with Crippen molar-refractivity contribution >= 4 is 40.0 Å². The summed E-state index contributed by atoms with van der Waals surface area (Å²) in [6.45, 7) is 21.1. The summed E-state index contributed by atoms with van der Waals surface area (Å²) in [5.41, 5.74) is -0.00604. The molecular formula is C47H67N3O13. The third kappa shape index (κ3) is 11.0. The lowest BCUT2D eigenvalue weighted by Crippen LogP contribution is -2.46. The minimum absolute atomic E-state index is 0.0568. The van der Waals surface area contributed by atoms with Crippen molar-refractivity contribution in [3.05, 3.63) is 53.3 Å². The molecule has 16 heteroatoms. The largest absolute Gasteiger partial charge is 0.507 e. The lowest BCUT2D eigenvalue weighted by molar-refractivity contribution is -0.160. The van der Waals surface area contributed by atoms with Crippen LogP contribution in [0.3, 0.4) is 0 Å². The summed E-state index contributed by atoms with van der Waals surface area (Å²) in [4.78, 5) is 58.1. The number of hydrogen-bond donors (Lipinski definition) is 5. The van der Waals surface area contributed by atoms with Crippen molar-refractivity contribution in [1.29, 1.82) is 0 Å². The second kappa shape index (κ2) is 21.5. The maximum absolute atomic E-state index is 14.6. The van der Waals surface area contributed by atoms with E-state index in [0.29, 0.717) is 19.6 Å². The number of methoxy groups -OCH3 is 1. The minimum atomic E-state index is -2.03. The first-order valence-corrected chi connectivity index (χ1v) is 21.7. The standard InChI is InChI=1S/C47H67N3O13/c1-13-49(14-2)20-21-50(15-3)35(52)24-60-34-23-32-42(56)37-36(34)38-44(30(9)41(37)55)63-47(11,45(38)57)61-22-19-33(59-12)27(6)43(62-31(10)51)29(8)40(54)28(7)39(53)25(4)17-16-18-26(5)46(58)48-32/h16-19,22-23,25,27-29,33,39-40,43,53-56H,13-15,20-21,24H2,1-12H3,(H,48,58)/b17-16+,22-19+,26-18-/t25-,27+,28+,29+,33-,39-,40+,43+,47-/m0/s1. The van der Waals surface area contributed by atoms with Gasteiger partial charge in [0.05, 0.1) is 41.2 Å². The van der Waals surface area contributed by atoms with Crippen LogP contribution in [-0.2, 0) is 28.6 Å². The molecule has 0 aliphatic carbocycles. The average molecular weight is 882 g/mol. The molecule has 0 aromatic heterocycles. The summed E-state index contributed by atoms with van der Waals surface area (Å²) in [5, 5.41) is 48.7.